The van der Waals surface area contributed by atoms with Gasteiger partial charge in [-0.05, 0) is 26.0 Å². The van der Waals surface area contributed by atoms with Gasteiger partial charge in [0.25, 0.3) is 0 Å². The third kappa shape index (κ3) is 1.29. The van der Waals surface area contributed by atoms with E-state index in [-0.39, 0.29) is 0 Å². The average Bonchev–Trinajstić information content (AvgIpc) is 2.47. The van der Waals surface area contributed by atoms with Crippen LogP contribution in [-0.2, 0) is 0 Å². The Labute approximate surface area is 77.5 Å². The number of rotatable bonds is 1. The molecule has 2 heterocycles. The molecule has 0 atom stereocenters. The number of allylic oxidation sites excluding steroid dienone is 1. The highest BCUT2D eigenvalue weighted by molar-refractivity contribution is 7.99. The quantitative estimate of drug-likeness (QED) is 0.639. The number of nitrogens with one attached hydrogen (secondary N) is 2. The SMILES string of the molecule is CC(C)N1NNC2=C1CCSC2. The first-order chi connectivity index (χ1) is 5.79. The van der Waals surface area contributed by atoms with Crippen molar-refractivity contribution in [3.05, 3.63) is 11.4 Å². The number of nitrogens with zero attached hydrogens (tertiary/aromatic N) is 1. The first-order valence-corrected chi connectivity index (χ1v) is 5.55. The van der Waals surface area contributed by atoms with E-state index in [4.69, 9.17) is 0 Å². The van der Waals surface area contributed by atoms with Crippen molar-refractivity contribution in [2.45, 2.75) is 26.3 Å². The molecular formula is C8H15N3S. The maximum atomic E-state index is 3.22. The summed E-state index contributed by atoms with van der Waals surface area (Å²) < 4.78 is 0. The van der Waals surface area contributed by atoms with E-state index < -0.39 is 0 Å². The molecule has 0 aromatic carbocycles. The number of thioether (sulfide) groups is 1. The molecule has 0 unspecified atom stereocenters. The molecule has 0 radical (unpaired) electrons. The summed E-state index contributed by atoms with van der Waals surface area (Å²) in [7, 11) is 0. The van der Waals surface area contributed by atoms with Gasteiger partial charge < -0.3 is 5.43 Å². The van der Waals surface area contributed by atoms with Crippen LogP contribution in [0, 0.1) is 0 Å². The van der Waals surface area contributed by atoms with Crippen LogP contribution in [0.15, 0.2) is 11.4 Å². The summed E-state index contributed by atoms with van der Waals surface area (Å²) in [4.78, 5) is 0. The molecule has 3 nitrogen and oxygen atoms in total. The van der Waals surface area contributed by atoms with Crippen LogP contribution in [0.2, 0.25) is 0 Å². The van der Waals surface area contributed by atoms with E-state index in [9.17, 15) is 0 Å². The second-order valence-corrected chi connectivity index (χ2v) is 4.53. The van der Waals surface area contributed by atoms with Gasteiger partial charge in [-0.1, -0.05) is 0 Å². The molecule has 2 rings (SSSR count). The third-order valence-corrected chi connectivity index (χ3v) is 3.20. The van der Waals surface area contributed by atoms with Crippen molar-refractivity contribution >= 4 is 11.8 Å². The molecule has 2 N–H and O–H groups in total. The van der Waals surface area contributed by atoms with Crippen molar-refractivity contribution < 1.29 is 0 Å². The molecule has 2 aliphatic rings. The fourth-order valence-corrected chi connectivity index (χ4v) is 2.51. The molecule has 2 aliphatic heterocycles. The van der Waals surface area contributed by atoms with Crippen LogP contribution in [0.5, 0.6) is 0 Å². The summed E-state index contributed by atoms with van der Waals surface area (Å²) in [5, 5.41) is 2.23. The van der Waals surface area contributed by atoms with E-state index in [1.54, 1.807) is 0 Å². The van der Waals surface area contributed by atoms with Gasteiger partial charge in [0.15, 0.2) is 0 Å². The van der Waals surface area contributed by atoms with Gasteiger partial charge in [0.1, 0.15) is 0 Å². The lowest BCUT2D eigenvalue weighted by Crippen LogP contribution is -2.42. The first kappa shape index (κ1) is 8.26. The smallest absolute Gasteiger partial charge is 0.0584 e. The summed E-state index contributed by atoms with van der Waals surface area (Å²) in [5.41, 5.74) is 9.26. The van der Waals surface area contributed by atoms with Crippen molar-refractivity contribution in [3.8, 4) is 0 Å². The summed E-state index contributed by atoms with van der Waals surface area (Å²) >= 11 is 2.00. The summed E-state index contributed by atoms with van der Waals surface area (Å²) in [5.74, 6) is 2.39. The van der Waals surface area contributed by atoms with Gasteiger partial charge in [-0.25, -0.2) is 0 Å². The third-order valence-electron chi connectivity index (χ3n) is 2.21. The molecule has 0 spiro atoms. The highest BCUT2D eigenvalue weighted by Gasteiger charge is 2.25. The number of hydrazine groups is 2. The first-order valence-electron chi connectivity index (χ1n) is 4.39. The van der Waals surface area contributed by atoms with Gasteiger partial charge in [-0.3, -0.25) is 5.01 Å². The number of hydrogen-bond donors (Lipinski definition) is 2. The predicted molar refractivity (Wildman–Crippen MR) is 52.2 cm³/mol. The maximum absolute atomic E-state index is 3.22. The van der Waals surface area contributed by atoms with E-state index in [1.807, 2.05) is 11.8 Å². The van der Waals surface area contributed by atoms with E-state index in [0.717, 1.165) is 5.75 Å². The standard InChI is InChI=1S/C8H15N3S/c1-6(2)11-8-3-4-12-5-7(8)9-10-11/h6,9-10H,3-5H2,1-2H3. The van der Waals surface area contributed by atoms with Crippen molar-refractivity contribution in [2.24, 2.45) is 0 Å². The Morgan fingerprint density at radius 2 is 2.33 bits per heavy atom. The Kier molecular flexibility index (Phi) is 2.19. The maximum Gasteiger partial charge on any atom is 0.0584 e. The summed E-state index contributed by atoms with van der Waals surface area (Å²) in [6.07, 6.45) is 1.19. The highest BCUT2D eigenvalue weighted by atomic mass is 32.2. The van der Waals surface area contributed by atoms with Gasteiger partial charge in [0, 0.05) is 11.8 Å². The minimum atomic E-state index is 0.535. The topological polar surface area (TPSA) is 27.3 Å². The zero-order chi connectivity index (χ0) is 8.55. The van der Waals surface area contributed by atoms with Gasteiger partial charge in [-0.15, -0.1) is 5.53 Å². The second kappa shape index (κ2) is 3.18. The zero-order valence-electron chi connectivity index (χ0n) is 7.55. The lowest BCUT2D eigenvalue weighted by molar-refractivity contribution is 0.198. The minimum absolute atomic E-state index is 0.535. The van der Waals surface area contributed by atoms with Crippen LogP contribution < -0.4 is 11.0 Å². The molecule has 4 heteroatoms. The van der Waals surface area contributed by atoms with E-state index in [1.165, 1.54) is 23.6 Å². The van der Waals surface area contributed by atoms with Crippen molar-refractivity contribution in [1.29, 1.82) is 0 Å². The fraction of sp³-hybridized carbons (Fsp3) is 0.750. The Balaban J connectivity index is 2.16. The molecule has 0 aliphatic carbocycles. The normalized spacial score (nSPS) is 23.1. The molecule has 0 saturated carbocycles. The largest absolute Gasteiger partial charge is 0.305 e. The van der Waals surface area contributed by atoms with Crippen LogP contribution >= 0.6 is 11.8 Å². The molecular weight excluding hydrogens is 170 g/mol. The molecule has 68 valence electrons. The van der Waals surface area contributed by atoms with Gasteiger partial charge in [-0.2, -0.15) is 11.8 Å². The van der Waals surface area contributed by atoms with E-state index >= 15 is 0 Å². The summed E-state index contributed by atoms with van der Waals surface area (Å²) in [6, 6.07) is 0.535. The predicted octanol–water partition coefficient (Wildman–Crippen LogP) is 1.07. The minimum Gasteiger partial charge on any atom is -0.305 e. The Morgan fingerprint density at radius 1 is 1.50 bits per heavy atom. The molecule has 12 heavy (non-hydrogen) atoms. The van der Waals surface area contributed by atoms with E-state index in [0.29, 0.717) is 6.04 Å². The molecule has 0 aromatic rings. The lowest BCUT2D eigenvalue weighted by atomic mass is 10.2. The van der Waals surface area contributed by atoms with Crippen molar-refractivity contribution in [3.63, 3.8) is 0 Å². The van der Waals surface area contributed by atoms with Crippen LogP contribution in [0.3, 0.4) is 0 Å². The Hall–Kier alpha value is -0.350. The second-order valence-electron chi connectivity index (χ2n) is 3.43. The van der Waals surface area contributed by atoms with Crippen molar-refractivity contribution in [2.75, 3.05) is 11.5 Å². The monoisotopic (exact) mass is 185 g/mol. The lowest BCUT2D eigenvalue weighted by Gasteiger charge is -2.25. The van der Waals surface area contributed by atoms with Gasteiger partial charge in [0.05, 0.1) is 11.4 Å². The highest BCUT2D eigenvalue weighted by Crippen LogP contribution is 2.27. The molecule has 0 aromatic heterocycles. The van der Waals surface area contributed by atoms with Crippen LogP contribution in [-0.4, -0.2) is 22.6 Å². The molecule has 0 amide bonds. The number of hydrogen-bond acceptors (Lipinski definition) is 4. The van der Waals surface area contributed by atoms with E-state index in [2.05, 4.69) is 29.8 Å². The Morgan fingerprint density at radius 3 is 3.08 bits per heavy atom. The van der Waals surface area contributed by atoms with Crippen LogP contribution in [0.25, 0.3) is 0 Å². The fourth-order valence-electron chi connectivity index (χ4n) is 1.59. The Bertz CT molecular complexity index is 212. The van der Waals surface area contributed by atoms with Gasteiger partial charge >= 0.3 is 0 Å². The average molecular weight is 185 g/mol. The van der Waals surface area contributed by atoms with Gasteiger partial charge in [0.2, 0.25) is 0 Å². The summed E-state index contributed by atoms with van der Waals surface area (Å²) in [6.45, 7) is 4.40. The molecule has 0 fully saturated rings. The molecule has 0 saturated heterocycles. The van der Waals surface area contributed by atoms with Crippen LogP contribution in [0.1, 0.15) is 20.3 Å². The molecule has 0 bridgehead atoms. The van der Waals surface area contributed by atoms with Crippen LogP contribution in [0.4, 0.5) is 0 Å². The zero-order valence-corrected chi connectivity index (χ0v) is 8.37. The van der Waals surface area contributed by atoms with Crippen molar-refractivity contribution in [1.82, 2.24) is 16.0 Å².